The number of hydrogen-bond donors (Lipinski definition) is 1. The molecule has 0 fully saturated rings. The van der Waals surface area contributed by atoms with E-state index in [0.29, 0.717) is 18.1 Å². The van der Waals surface area contributed by atoms with Crippen LogP contribution in [0.2, 0.25) is 0 Å². The number of rotatable bonds is 5. The second kappa shape index (κ2) is 6.72. The predicted octanol–water partition coefficient (Wildman–Crippen LogP) is 2.69. The third-order valence-electron chi connectivity index (χ3n) is 3.97. The van der Waals surface area contributed by atoms with Crippen LogP contribution >= 0.6 is 0 Å². The Morgan fingerprint density at radius 2 is 1.92 bits per heavy atom. The van der Waals surface area contributed by atoms with Gasteiger partial charge >= 0.3 is 5.69 Å². The van der Waals surface area contributed by atoms with Crippen molar-refractivity contribution in [3.63, 3.8) is 0 Å². The minimum Gasteiger partial charge on any atom is -0.497 e. The van der Waals surface area contributed by atoms with Crippen LogP contribution in [-0.4, -0.2) is 26.3 Å². The minimum absolute atomic E-state index is 0.235. The van der Waals surface area contributed by atoms with Crippen molar-refractivity contribution >= 4 is 17.3 Å². The van der Waals surface area contributed by atoms with E-state index in [-0.39, 0.29) is 5.69 Å². The van der Waals surface area contributed by atoms with Gasteiger partial charge in [-0.25, -0.2) is 13.9 Å². The number of anilines is 2. The van der Waals surface area contributed by atoms with Crippen LogP contribution in [0.4, 0.5) is 11.5 Å². The van der Waals surface area contributed by atoms with E-state index in [1.807, 2.05) is 54.6 Å². The number of para-hydroxylation sites is 1. The topological polar surface area (TPSA) is 73.4 Å². The monoisotopic (exact) mass is 347 g/mol. The lowest BCUT2D eigenvalue weighted by Crippen LogP contribution is -2.21. The van der Waals surface area contributed by atoms with Crippen molar-refractivity contribution in [2.24, 2.45) is 0 Å². The second-order valence-electron chi connectivity index (χ2n) is 5.77. The van der Waals surface area contributed by atoms with E-state index in [1.165, 1.54) is 9.08 Å². The van der Waals surface area contributed by atoms with Gasteiger partial charge < -0.3 is 10.1 Å². The number of methoxy groups -OCH3 is 1. The summed E-state index contributed by atoms with van der Waals surface area (Å²) in [5.74, 6) is 1.72. The first-order valence-electron chi connectivity index (χ1n) is 8.14. The van der Waals surface area contributed by atoms with Gasteiger partial charge in [-0.05, 0) is 35.9 Å². The van der Waals surface area contributed by atoms with Crippen LogP contribution in [0.5, 0.6) is 5.75 Å². The SMILES string of the molecule is COc1cccc(Cn2nc3nc(Nc4ccccc4)ccn3c2=O)c1. The van der Waals surface area contributed by atoms with Crippen molar-refractivity contribution in [2.75, 3.05) is 12.4 Å². The fourth-order valence-corrected chi connectivity index (χ4v) is 2.69. The van der Waals surface area contributed by atoms with Gasteiger partial charge in [0.1, 0.15) is 11.6 Å². The summed E-state index contributed by atoms with van der Waals surface area (Å²) in [4.78, 5) is 17.0. The molecular formula is C19H17N5O2. The molecular weight excluding hydrogens is 330 g/mol. The van der Waals surface area contributed by atoms with Gasteiger partial charge in [0.15, 0.2) is 0 Å². The molecule has 0 unspecified atom stereocenters. The van der Waals surface area contributed by atoms with Gasteiger partial charge in [0.05, 0.1) is 13.7 Å². The molecule has 1 N–H and O–H groups in total. The number of benzene rings is 2. The number of ether oxygens (including phenoxy) is 1. The van der Waals surface area contributed by atoms with Gasteiger partial charge in [-0.1, -0.05) is 30.3 Å². The summed E-state index contributed by atoms with van der Waals surface area (Å²) in [6.45, 7) is 0.348. The average molecular weight is 347 g/mol. The van der Waals surface area contributed by atoms with Gasteiger partial charge in [-0.3, -0.25) is 0 Å². The van der Waals surface area contributed by atoms with Crippen molar-refractivity contribution in [3.05, 3.63) is 82.9 Å². The van der Waals surface area contributed by atoms with Crippen LogP contribution in [0.15, 0.2) is 71.7 Å². The maximum absolute atomic E-state index is 12.5. The molecule has 2 aromatic carbocycles. The molecule has 4 rings (SSSR count). The Bertz CT molecular complexity index is 1100. The number of fused-ring (bicyclic) bond motifs is 1. The van der Waals surface area contributed by atoms with Crippen LogP contribution in [0.3, 0.4) is 0 Å². The summed E-state index contributed by atoms with van der Waals surface area (Å²) in [5, 5.41) is 7.54. The number of nitrogens with one attached hydrogen (secondary N) is 1. The number of aromatic nitrogens is 4. The molecule has 26 heavy (non-hydrogen) atoms. The quantitative estimate of drug-likeness (QED) is 0.601. The molecule has 2 aromatic heterocycles. The van der Waals surface area contributed by atoms with Crippen LogP contribution in [0.25, 0.3) is 5.78 Å². The Balaban J connectivity index is 1.64. The zero-order valence-corrected chi connectivity index (χ0v) is 14.2. The van der Waals surface area contributed by atoms with E-state index in [2.05, 4.69) is 15.4 Å². The van der Waals surface area contributed by atoms with Crippen molar-refractivity contribution in [1.82, 2.24) is 19.2 Å². The molecule has 0 atom stereocenters. The Morgan fingerprint density at radius 3 is 2.73 bits per heavy atom. The summed E-state index contributed by atoms with van der Waals surface area (Å²) in [5.41, 5.74) is 1.61. The first-order chi connectivity index (χ1) is 12.7. The summed E-state index contributed by atoms with van der Waals surface area (Å²) in [7, 11) is 1.61. The lowest BCUT2D eigenvalue weighted by atomic mass is 10.2. The largest absolute Gasteiger partial charge is 0.497 e. The molecule has 0 radical (unpaired) electrons. The molecule has 0 aliphatic carbocycles. The summed E-state index contributed by atoms with van der Waals surface area (Å²) in [6, 6.07) is 19.0. The van der Waals surface area contributed by atoms with Crippen LogP contribution in [-0.2, 0) is 6.54 Å². The second-order valence-corrected chi connectivity index (χ2v) is 5.77. The third kappa shape index (κ3) is 3.14. The highest BCUT2D eigenvalue weighted by Gasteiger charge is 2.10. The van der Waals surface area contributed by atoms with Gasteiger partial charge in [0, 0.05) is 11.9 Å². The molecule has 0 bridgehead atoms. The zero-order valence-electron chi connectivity index (χ0n) is 14.2. The van der Waals surface area contributed by atoms with E-state index in [9.17, 15) is 4.79 Å². The molecule has 7 nitrogen and oxygen atoms in total. The van der Waals surface area contributed by atoms with E-state index in [1.54, 1.807) is 19.4 Å². The van der Waals surface area contributed by atoms with Gasteiger partial charge in [0.2, 0.25) is 0 Å². The first-order valence-corrected chi connectivity index (χ1v) is 8.14. The lowest BCUT2D eigenvalue weighted by molar-refractivity contribution is 0.414. The molecule has 2 heterocycles. The maximum Gasteiger partial charge on any atom is 0.351 e. The summed E-state index contributed by atoms with van der Waals surface area (Å²) < 4.78 is 8.04. The average Bonchev–Trinajstić information content (AvgIpc) is 2.98. The minimum atomic E-state index is -0.235. The maximum atomic E-state index is 12.5. The van der Waals surface area contributed by atoms with E-state index in [4.69, 9.17) is 4.74 Å². The normalized spacial score (nSPS) is 10.8. The standard InChI is InChI=1S/C19H17N5O2/c1-26-16-9-5-6-14(12-16)13-24-19(25)23-11-10-17(21-18(23)22-24)20-15-7-3-2-4-8-15/h2-12H,13H2,1H3,(H,20,21,22). The lowest BCUT2D eigenvalue weighted by Gasteiger charge is -2.04. The molecule has 0 aliphatic rings. The molecule has 130 valence electrons. The van der Waals surface area contributed by atoms with E-state index in [0.717, 1.165) is 17.0 Å². The number of nitrogens with zero attached hydrogens (tertiary/aromatic N) is 4. The molecule has 0 amide bonds. The van der Waals surface area contributed by atoms with Gasteiger partial charge in [-0.2, -0.15) is 4.98 Å². The van der Waals surface area contributed by atoms with Gasteiger partial charge in [-0.15, -0.1) is 5.10 Å². The molecule has 4 aromatic rings. The molecule has 0 saturated carbocycles. The van der Waals surface area contributed by atoms with Crippen molar-refractivity contribution in [3.8, 4) is 5.75 Å². The van der Waals surface area contributed by atoms with Crippen molar-refractivity contribution < 1.29 is 4.74 Å². The smallest absolute Gasteiger partial charge is 0.351 e. The Hall–Kier alpha value is -3.61. The third-order valence-corrected chi connectivity index (χ3v) is 3.97. The highest BCUT2D eigenvalue weighted by Crippen LogP contribution is 2.15. The molecule has 0 saturated heterocycles. The van der Waals surface area contributed by atoms with Crippen molar-refractivity contribution in [2.45, 2.75) is 6.54 Å². The van der Waals surface area contributed by atoms with Gasteiger partial charge in [0.25, 0.3) is 5.78 Å². The predicted molar refractivity (Wildman–Crippen MR) is 99.1 cm³/mol. The summed E-state index contributed by atoms with van der Waals surface area (Å²) in [6.07, 6.45) is 1.67. The van der Waals surface area contributed by atoms with Crippen molar-refractivity contribution in [1.29, 1.82) is 0 Å². The highest BCUT2D eigenvalue weighted by molar-refractivity contribution is 5.56. The zero-order chi connectivity index (χ0) is 17.9. The molecule has 0 aliphatic heterocycles. The Morgan fingerprint density at radius 1 is 1.08 bits per heavy atom. The number of hydrogen-bond acceptors (Lipinski definition) is 5. The Kier molecular flexibility index (Phi) is 4.10. The molecule has 7 heteroatoms. The highest BCUT2D eigenvalue weighted by atomic mass is 16.5. The van der Waals surface area contributed by atoms with Crippen LogP contribution in [0.1, 0.15) is 5.56 Å². The molecule has 0 spiro atoms. The van der Waals surface area contributed by atoms with Crippen LogP contribution < -0.4 is 15.7 Å². The van der Waals surface area contributed by atoms with E-state index < -0.39 is 0 Å². The Labute approximate surface area is 149 Å². The fourth-order valence-electron chi connectivity index (χ4n) is 2.69. The fraction of sp³-hybridized carbons (Fsp3) is 0.105. The summed E-state index contributed by atoms with van der Waals surface area (Å²) >= 11 is 0. The first kappa shape index (κ1) is 15.9. The van der Waals surface area contributed by atoms with E-state index >= 15 is 0 Å². The van der Waals surface area contributed by atoms with Crippen LogP contribution in [0, 0.1) is 0 Å².